The van der Waals surface area contributed by atoms with Gasteiger partial charge in [-0.2, -0.15) is 0 Å². The maximum atomic E-state index is 12.0. The summed E-state index contributed by atoms with van der Waals surface area (Å²) in [4.78, 5) is 14.2. The first-order chi connectivity index (χ1) is 8.58. The SMILES string of the molecule is CCN(CC)CCNC(=O)c1cc(C)ccc1N. The summed E-state index contributed by atoms with van der Waals surface area (Å²) in [6, 6.07) is 5.50. The third-order valence-electron chi connectivity index (χ3n) is 3.06. The summed E-state index contributed by atoms with van der Waals surface area (Å²) < 4.78 is 0. The van der Waals surface area contributed by atoms with Gasteiger partial charge in [0.1, 0.15) is 0 Å². The Morgan fingerprint density at radius 2 is 2.00 bits per heavy atom. The molecule has 0 saturated carbocycles. The van der Waals surface area contributed by atoms with Crippen LogP contribution in [0.5, 0.6) is 0 Å². The third kappa shape index (κ3) is 4.04. The van der Waals surface area contributed by atoms with Crippen LogP contribution < -0.4 is 11.1 Å². The highest BCUT2D eigenvalue weighted by atomic mass is 16.1. The van der Waals surface area contributed by atoms with E-state index in [0.29, 0.717) is 17.8 Å². The summed E-state index contributed by atoms with van der Waals surface area (Å²) in [5.74, 6) is -0.0941. The topological polar surface area (TPSA) is 58.4 Å². The average molecular weight is 249 g/mol. The number of hydrogen-bond acceptors (Lipinski definition) is 3. The molecule has 1 rings (SSSR count). The zero-order valence-corrected chi connectivity index (χ0v) is 11.5. The van der Waals surface area contributed by atoms with Crippen LogP contribution >= 0.6 is 0 Å². The Morgan fingerprint density at radius 1 is 1.33 bits per heavy atom. The molecular weight excluding hydrogens is 226 g/mol. The van der Waals surface area contributed by atoms with Crippen molar-refractivity contribution in [1.29, 1.82) is 0 Å². The fourth-order valence-corrected chi connectivity index (χ4v) is 1.83. The number of nitrogens with zero attached hydrogens (tertiary/aromatic N) is 1. The zero-order valence-electron chi connectivity index (χ0n) is 11.5. The van der Waals surface area contributed by atoms with Crippen LogP contribution in [0, 0.1) is 6.92 Å². The number of nitrogens with two attached hydrogens (primary N) is 1. The van der Waals surface area contributed by atoms with E-state index in [9.17, 15) is 4.79 Å². The zero-order chi connectivity index (χ0) is 13.5. The van der Waals surface area contributed by atoms with Crippen LogP contribution in [0.2, 0.25) is 0 Å². The fourth-order valence-electron chi connectivity index (χ4n) is 1.83. The van der Waals surface area contributed by atoms with Gasteiger partial charge in [0.05, 0.1) is 5.56 Å². The monoisotopic (exact) mass is 249 g/mol. The van der Waals surface area contributed by atoms with Crippen LogP contribution in [0.1, 0.15) is 29.8 Å². The molecule has 0 heterocycles. The van der Waals surface area contributed by atoms with Crippen molar-refractivity contribution in [3.63, 3.8) is 0 Å². The van der Waals surface area contributed by atoms with Crippen LogP contribution in [0.15, 0.2) is 18.2 Å². The first kappa shape index (κ1) is 14.5. The van der Waals surface area contributed by atoms with E-state index in [0.717, 1.165) is 25.2 Å². The van der Waals surface area contributed by atoms with Crippen molar-refractivity contribution >= 4 is 11.6 Å². The molecule has 1 amide bonds. The van der Waals surface area contributed by atoms with Crippen molar-refractivity contribution < 1.29 is 4.79 Å². The van der Waals surface area contributed by atoms with E-state index in [-0.39, 0.29) is 5.91 Å². The van der Waals surface area contributed by atoms with Crippen LogP contribution in [0.4, 0.5) is 5.69 Å². The summed E-state index contributed by atoms with van der Waals surface area (Å²) in [5.41, 5.74) is 7.94. The molecule has 0 spiro atoms. The van der Waals surface area contributed by atoms with E-state index in [4.69, 9.17) is 5.73 Å². The molecular formula is C14H23N3O. The van der Waals surface area contributed by atoms with E-state index >= 15 is 0 Å². The molecule has 4 heteroatoms. The molecule has 0 aliphatic heterocycles. The minimum absolute atomic E-state index is 0.0941. The van der Waals surface area contributed by atoms with Crippen molar-refractivity contribution in [2.45, 2.75) is 20.8 Å². The van der Waals surface area contributed by atoms with Gasteiger partial charge in [0.2, 0.25) is 0 Å². The van der Waals surface area contributed by atoms with Crippen molar-refractivity contribution in [2.75, 3.05) is 31.9 Å². The molecule has 0 aliphatic rings. The van der Waals surface area contributed by atoms with Gasteiger partial charge < -0.3 is 16.0 Å². The highest BCUT2D eigenvalue weighted by Crippen LogP contribution is 2.13. The number of carbonyl (C=O) groups is 1. The molecule has 0 atom stereocenters. The average Bonchev–Trinajstić information content (AvgIpc) is 2.37. The highest BCUT2D eigenvalue weighted by Gasteiger charge is 2.09. The van der Waals surface area contributed by atoms with Gasteiger partial charge in [-0.25, -0.2) is 0 Å². The molecule has 0 aromatic heterocycles. The van der Waals surface area contributed by atoms with E-state index in [1.165, 1.54) is 0 Å². The second-order valence-corrected chi connectivity index (χ2v) is 4.37. The maximum Gasteiger partial charge on any atom is 0.253 e. The standard InChI is InChI=1S/C14H23N3O/c1-4-17(5-2)9-8-16-14(18)12-10-11(3)6-7-13(12)15/h6-7,10H,4-5,8-9,15H2,1-3H3,(H,16,18). The Kier molecular flexibility index (Phi) is 5.65. The van der Waals surface area contributed by atoms with Crippen molar-refractivity contribution in [3.8, 4) is 0 Å². The lowest BCUT2D eigenvalue weighted by Crippen LogP contribution is -2.35. The lowest BCUT2D eigenvalue weighted by atomic mass is 10.1. The maximum absolute atomic E-state index is 12.0. The molecule has 100 valence electrons. The largest absolute Gasteiger partial charge is 0.398 e. The molecule has 0 bridgehead atoms. The summed E-state index contributed by atoms with van der Waals surface area (Å²) in [6.45, 7) is 9.69. The lowest BCUT2D eigenvalue weighted by Gasteiger charge is -2.18. The smallest absolute Gasteiger partial charge is 0.253 e. The number of hydrogen-bond donors (Lipinski definition) is 2. The van der Waals surface area contributed by atoms with Crippen LogP contribution in [0.3, 0.4) is 0 Å². The molecule has 0 aliphatic carbocycles. The van der Waals surface area contributed by atoms with Gasteiger partial charge in [-0.15, -0.1) is 0 Å². The van der Waals surface area contributed by atoms with Crippen LogP contribution in [-0.4, -0.2) is 37.0 Å². The molecule has 4 nitrogen and oxygen atoms in total. The van der Waals surface area contributed by atoms with Crippen LogP contribution in [0.25, 0.3) is 0 Å². The number of aryl methyl sites for hydroxylation is 1. The van der Waals surface area contributed by atoms with E-state index < -0.39 is 0 Å². The minimum Gasteiger partial charge on any atom is -0.398 e. The Balaban J connectivity index is 2.53. The number of nitrogens with one attached hydrogen (secondary N) is 1. The number of anilines is 1. The number of nitrogen functional groups attached to an aromatic ring is 1. The summed E-state index contributed by atoms with van der Waals surface area (Å²) in [7, 11) is 0. The summed E-state index contributed by atoms with van der Waals surface area (Å²) in [6.07, 6.45) is 0. The van der Waals surface area contributed by atoms with E-state index in [1.54, 1.807) is 6.07 Å². The minimum atomic E-state index is -0.0941. The second-order valence-electron chi connectivity index (χ2n) is 4.37. The van der Waals surface area contributed by atoms with Crippen molar-refractivity contribution in [2.24, 2.45) is 0 Å². The second kappa shape index (κ2) is 7.01. The first-order valence-corrected chi connectivity index (χ1v) is 6.45. The van der Waals surface area contributed by atoms with Gasteiger partial charge in [0, 0.05) is 18.8 Å². The first-order valence-electron chi connectivity index (χ1n) is 6.45. The summed E-state index contributed by atoms with van der Waals surface area (Å²) >= 11 is 0. The molecule has 1 aromatic carbocycles. The Hall–Kier alpha value is -1.55. The number of carbonyl (C=O) groups excluding carboxylic acids is 1. The molecule has 0 radical (unpaired) electrons. The summed E-state index contributed by atoms with van der Waals surface area (Å²) in [5, 5.41) is 2.91. The van der Waals surface area contributed by atoms with Gasteiger partial charge in [-0.05, 0) is 32.1 Å². The molecule has 3 N–H and O–H groups in total. The number of amides is 1. The Labute approximate surface area is 109 Å². The fraction of sp³-hybridized carbons (Fsp3) is 0.500. The van der Waals surface area contributed by atoms with E-state index in [2.05, 4.69) is 24.1 Å². The molecule has 0 fully saturated rings. The van der Waals surface area contributed by atoms with Crippen molar-refractivity contribution in [3.05, 3.63) is 29.3 Å². The number of benzene rings is 1. The van der Waals surface area contributed by atoms with Gasteiger partial charge in [-0.3, -0.25) is 4.79 Å². The third-order valence-corrected chi connectivity index (χ3v) is 3.06. The predicted octanol–water partition coefficient (Wildman–Crippen LogP) is 1.65. The molecule has 0 saturated heterocycles. The number of rotatable bonds is 6. The Morgan fingerprint density at radius 3 is 2.61 bits per heavy atom. The van der Waals surface area contributed by atoms with E-state index in [1.807, 2.05) is 19.1 Å². The number of likely N-dealkylation sites (N-methyl/N-ethyl adjacent to an activating group) is 1. The van der Waals surface area contributed by atoms with Gasteiger partial charge in [0.25, 0.3) is 5.91 Å². The Bertz CT molecular complexity index is 400. The quantitative estimate of drug-likeness (QED) is 0.754. The lowest BCUT2D eigenvalue weighted by molar-refractivity contribution is 0.0949. The molecule has 18 heavy (non-hydrogen) atoms. The van der Waals surface area contributed by atoms with Crippen molar-refractivity contribution in [1.82, 2.24) is 10.2 Å². The normalized spacial score (nSPS) is 10.7. The van der Waals surface area contributed by atoms with Gasteiger partial charge in [0.15, 0.2) is 0 Å². The molecule has 0 unspecified atom stereocenters. The molecule has 1 aromatic rings. The van der Waals surface area contributed by atoms with Gasteiger partial charge in [-0.1, -0.05) is 25.5 Å². The highest BCUT2D eigenvalue weighted by molar-refractivity contribution is 5.99. The van der Waals surface area contributed by atoms with Gasteiger partial charge >= 0.3 is 0 Å². The van der Waals surface area contributed by atoms with Crippen LogP contribution in [-0.2, 0) is 0 Å². The predicted molar refractivity (Wildman–Crippen MR) is 75.7 cm³/mol.